The predicted octanol–water partition coefficient (Wildman–Crippen LogP) is 3.15. The van der Waals surface area contributed by atoms with E-state index in [0.717, 1.165) is 5.92 Å². The van der Waals surface area contributed by atoms with Crippen LogP contribution in [-0.2, 0) is 0 Å². The zero-order valence-corrected chi connectivity index (χ0v) is 10.4. The average Bonchev–Trinajstić information content (AvgIpc) is 2.14. The minimum Gasteiger partial charge on any atom is -0.317 e. The summed E-state index contributed by atoms with van der Waals surface area (Å²) in [6.45, 7) is 6.86. The second kappa shape index (κ2) is 8.89. The van der Waals surface area contributed by atoms with E-state index in [1.807, 2.05) is 0 Å². The average molecular weight is 203 g/mol. The van der Waals surface area contributed by atoms with Crippen LogP contribution in [0, 0.1) is 5.92 Å². The predicted molar refractivity (Wildman–Crippen MR) is 64.5 cm³/mol. The van der Waals surface area contributed by atoms with E-state index in [0.29, 0.717) is 6.04 Å². The Morgan fingerprint density at radius 2 is 2.00 bits per heavy atom. The van der Waals surface area contributed by atoms with Crippen molar-refractivity contribution < 1.29 is 0 Å². The molecule has 0 radical (unpaired) electrons. The van der Waals surface area contributed by atoms with Gasteiger partial charge in [-0.1, -0.05) is 20.8 Å². The molecule has 0 spiro atoms. The van der Waals surface area contributed by atoms with Gasteiger partial charge in [-0.2, -0.15) is 11.8 Å². The number of rotatable bonds is 8. The third-order valence-corrected chi connectivity index (χ3v) is 3.64. The molecule has 2 heteroatoms. The second-order valence-electron chi connectivity index (χ2n) is 3.62. The van der Waals surface area contributed by atoms with Crippen LogP contribution in [0.5, 0.6) is 0 Å². The van der Waals surface area contributed by atoms with Crippen LogP contribution in [0.3, 0.4) is 0 Å². The summed E-state index contributed by atoms with van der Waals surface area (Å²) in [5.41, 5.74) is 0. The molecule has 2 unspecified atom stereocenters. The fourth-order valence-electron chi connectivity index (χ4n) is 1.74. The third-order valence-electron chi connectivity index (χ3n) is 2.65. The lowest BCUT2D eigenvalue weighted by Crippen LogP contribution is -2.31. The molecule has 0 aliphatic carbocycles. The second-order valence-corrected chi connectivity index (χ2v) is 5.01. The van der Waals surface area contributed by atoms with Gasteiger partial charge in [0, 0.05) is 6.04 Å². The van der Waals surface area contributed by atoms with Gasteiger partial charge in [0.25, 0.3) is 0 Å². The maximum absolute atomic E-state index is 3.39. The van der Waals surface area contributed by atoms with Crippen LogP contribution in [0.1, 0.15) is 40.0 Å². The molecule has 0 aliphatic rings. The first-order valence-corrected chi connectivity index (χ1v) is 6.66. The maximum atomic E-state index is 3.39. The van der Waals surface area contributed by atoms with Crippen molar-refractivity contribution in [2.75, 3.05) is 18.6 Å². The minimum atomic E-state index is 0.714. The normalized spacial score (nSPS) is 15.7. The van der Waals surface area contributed by atoms with E-state index >= 15 is 0 Å². The van der Waals surface area contributed by atoms with Crippen LogP contribution in [0.4, 0.5) is 0 Å². The summed E-state index contributed by atoms with van der Waals surface area (Å²) in [6, 6.07) is 0.714. The zero-order chi connectivity index (χ0) is 10.1. The molecule has 0 saturated carbocycles. The topological polar surface area (TPSA) is 12.0 Å². The van der Waals surface area contributed by atoms with Gasteiger partial charge in [0.05, 0.1) is 0 Å². The summed E-state index contributed by atoms with van der Waals surface area (Å²) in [6.07, 6.45) is 3.99. The largest absolute Gasteiger partial charge is 0.317 e. The van der Waals surface area contributed by atoms with Gasteiger partial charge < -0.3 is 5.32 Å². The number of thioether (sulfide) groups is 1. The Balaban J connectivity index is 3.42. The van der Waals surface area contributed by atoms with Crippen molar-refractivity contribution in [3.05, 3.63) is 0 Å². The molecular formula is C11H25NS. The van der Waals surface area contributed by atoms with Crippen molar-refractivity contribution in [3.8, 4) is 0 Å². The van der Waals surface area contributed by atoms with Crippen LogP contribution in [0.15, 0.2) is 0 Å². The Morgan fingerprint density at radius 3 is 2.46 bits per heavy atom. The Labute approximate surface area is 88.1 Å². The molecule has 80 valence electrons. The minimum absolute atomic E-state index is 0.714. The third kappa shape index (κ3) is 6.39. The van der Waals surface area contributed by atoms with Gasteiger partial charge in [0.2, 0.25) is 0 Å². The van der Waals surface area contributed by atoms with E-state index < -0.39 is 0 Å². The van der Waals surface area contributed by atoms with E-state index in [-0.39, 0.29) is 0 Å². The first-order valence-electron chi connectivity index (χ1n) is 5.51. The van der Waals surface area contributed by atoms with Crippen LogP contribution in [0.25, 0.3) is 0 Å². The SMILES string of the molecule is CCSCCCC(C)C(CC)NC. The molecule has 0 aliphatic heterocycles. The lowest BCUT2D eigenvalue weighted by atomic mass is 9.95. The van der Waals surface area contributed by atoms with Gasteiger partial charge in [-0.05, 0) is 43.7 Å². The summed E-state index contributed by atoms with van der Waals surface area (Å²) in [5.74, 6) is 3.42. The monoisotopic (exact) mass is 203 g/mol. The van der Waals surface area contributed by atoms with Crippen LogP contribution in [0.2, 0.25) is 0 Å². The summed E-state index contributed by atoms with van der Waals surface area (Å²) in [5, 5.41) is 3.39. The molecule has 0 aromatic carbocycles. The fourth-order valence-corrected chi connectivity index (χ4v) is 2.40. The van der Waals surface area contributed by atoms with Crippen LogP contribution in [-0.4, -0.2) is 24.6 Å². The van der Waals surface area contributed by atoms with E-state index in [1.54, 1.807) is 0 Å². The molecule has 0 saturated heterocycles. The van der Waals surface area contributed by atoms with Crippen LogP contribution >= 0.6 is 11.8 Å². The molecule has 13 heavy (non-hydrogen) atoms. The highest BCUT2D eigenvalue weighted by molar-refractivity contribution is 7.99. The quantitative estimate of drug-likeness (QED) is 0.608. The van der Waals surface area contributed by atoms with E-state index in [1.165, 1.54) is 30.8 Å². The van der Waals surface area contributed by atoms with Gasteiger partial charge in [0.15, 0.2) is 0 Å². The fraction of sp³-hybridized carbons (Fsp3) is 1.00. The maximum Gasteiger partial charge on any atom is 0.00870 e. The molecular weight excluding hydrogens is 178 g/mol. The Kier molecular flexibility index (Phi) is 9.10. The van der Waals surface area contributed by atoms with Crippen LogP contribution < -0.4 is 5.32 Å². The Morgan fingerprint density at radius 1 is 1.31 bits per heavy atom. The molecule has 1 N–H and O–H groups in total. The summed E-state index contributed by atoms with van der Waals surface area (Å²) >= 11 is 2.06. The number of hydrogen-bond acceptors (Lipinski definition) is 2. The van der Waals surface area contributed by atoms with Crippen molar-refractivity contribution in [1.82, 2.24) is 5.32 Å². The van der Waals surface area contributed by atoms with E-state index in [2.05, 4.69) is 44.9 Å². The van der Waals surface area contributed by atoms with Crippen molar-refractivity contribution in [3.63, 3.8) is 0 Å². The molecule has 1 nitrogen and oxygen atoms in total. The molecule has 0 bridgehead atoms. The summed E-state index contributed by atoms with van der Waals surface area (Å²) < 4.78 is 0. The highest BCUT2D eigenvalue weighted by Crippen LogP contribution is 2.15. The first-order chi connectivity index (χ1) is 6.26. The van der Waals surface area contributed by atoms with Gasteiger partial charge in [-0.25, -0.2) is 0 Å². The standard InChI is InChI=1S/C11H25NS/c1-5-11(12-4)10(3)8-7-9-13-6-2/h10-12H,5-9H2,1-4H3. The highest BCUT2D eigenvalue weighted by atomic mass is 32.2. The first kappa shape index (κ1) is 13.3. The Bertz CT molecular complexity index is 102. The van der Waals surface area contributed by atoms with Gasteiger partial charge in [-0.15, -0.1) is 0 Å². The van der Waals surface area contributed by atoms with Crippen molar-refractivity contribution in [2.45, 2.75) is 46.1 Å². The van der Waals surface area contributed by atoms with Crippen molar-refractivity contribution >= 4 is 11.8 Å². The number of hydrogen-bond donors (Lipinski definition) is 1. The smallest absolute Gasteiger partial charge is 0.00870 e. The van der Waals surface area contributed by atoms with Gasteiger partial charge in [0.1, 0.15) is 0 Å². The van der Waals surface area contributed by atoms with Gasteiger partial charge in [-0.3, -0.25) is 0 Å². The van der Waals surface area contributed by atoms with E-state index in [4.69, 9.17) is 0 Å². The molecule has 2 atom stereocenters. The van der Waals surface area contributed by atoms with Crippen molar-refractivity contribution in [2.24, 2.45) is 5.92 Å². The summed E-state index contributed by atoms with van der Waals surface area (Å²) in [4.78, 5) is 0. The lowest BCUT2D eigenvalue weighted by molar-refractivity contribution is 0.366. The molecule has 0 aromatic rings. The molecule has 0 heterocycles. The number of nitrogens with one attached hydrogen (secondary N) is 1. The van der Waals surface area contributed by atoms with E-state index in [9.17, 15) is 0 Å². The zero-order valence-electron chi connectivity index (χ0n) is 9.60. The molecule has 0 fully saturated rings. The highest BCUT2D eigenvalue weighted by Gasteiger charge is 2.11. The lowest BCUT2D eigenvalue weighted by Gasteiger charge is -2.21. The summed E-state index contributed by atoms with van der Waals surface area (Å²) in [7, 11) is 2.07. The molecule has 0 amide bonds. The van der Waals surface area contributed by atoms with Crippen molar-refractivity contribution in [1.29, 1.82) is 0 Å². The molecule has 0 aromatic heterocycles. The van der Waals surface area contributed by atoms with Gasteiger partial charge >= 0.3 is 0 Å². The Hall–Kier alpha value is 0.310. The molecule has 0 rings (SSSR count).